The Hall–Kier alpha value is -2.22. The number of benzene rings is 2. The number of fused-ring (bicyclic) bond motifs is 2. The van der Waals surface area contributed by atoms with E-state index in [4.69, 9.17) is 14.5 Å². The average Bonchev–Trinajstić information content (AvgIpc) is 3.23. The van der Waals surface area contributed by atoms with Gasteiger partial charge in [0.05, 0.1) is 29.5 Å². The molecule has 7 heteroatoms. The molecule has 27 heavy (non-hydrogen) atoms. The van der Waals surface area contributed by atoms with E-state index in [1.807, 2.05) is 24.3 Å². The smallest absolute Gasteiger partial charge is 0.186 e. The highest BCUT2D eigenvalue weighted by Crippen LogP contribution is 2.32. The van der Waals surface area contributed by atoms with Gasteiger partial charge in [-0.25, -0.2) is 9.37 Å². The minimum absolute atomic E-state index is 0.00769. The van der Waals surface area contributed by atoms with Crippen LogP contribution in [0.4, 0.5) is 15.2 Å². The van der Waals surface area contributed by atoms with Gasteiger partial charge >= 0.3 is 0 Å². The summed E-state index contributed by atoms with van der Waals surface area (Å²) < 4.78 is 26.8. The van der Waals surface area contributed by atoms with Crippen LogP contribution in [0.2, 0.25) is 0 Å². The number of halogens is 1. The van der Waals surface area contributed by atoms with E-state index in [1.54, 1.807) is 17.4 Å². The highest BCUT2D eigenvalue weighted by atomic mass is 32.1. The highest BCUT2D eigenvalue weighted by Gasteiger charge is 2.38. The average molecular weight is 385 g/mol. The minimum Gasteiger partial charge on any atom is -0.378 e. The van der Waals surface area contributed by atoms with Crippen LogP contribution in [-0.4, -0.2) is 49.5 Å². The van der Waals surface area contributed by atoms with Gasteiger partial charge in [0.2, 0.25) is 0 Å². The van der Waals surface area contributed by atoms with E-state index in [0.717, 1.165) is 29.4 Å². The Labute approximate surface area is 160 Å². The van der Waals surface area contributed by atoms with Crippen molar-refractivity contribution in [2.75, 3.05) is 36.5 Å². The number of aromatic nitrogens is 1. The largest absolute Gasteiger partial charge is 0.378 e. The molecular formula is C20H20FN3O2S. The fourth-order valence-corrected chi connectivity index (χ4v) is 4.62. The fraction of sp³-hybridized carbons (Fsp3) is 0.350. The molecule has 5 nitrogen and oxygen atoms in total. The molecule has 0 radical (unpaired) electrons. The van der Waals surface area contributed by atoms with E-state index in [1.165, 1.54) is 16.8 Å². The normalized spacial score (nSPS) is 23.4. The first-order chi connectivity index (χ1) is 13.2. The van der Waals surface area contributed by atoms with Gasteiger partial charge in [0, 0.05) is 18.8 Å². The summed E-state index contributed by atoms with van der Waals surface area (Å²) in [6, 6.07) is 14.7. The molecule has 0 saturated carbocycles. The van der Waals surface area contributed by atoms with Crippen LogP contribution in [0, 0.1) is 5.82 Å². The molecular weight excluding hydrogens is 365 g/mol. The fourth-order valence-electron chi connectivity index (χ4n) is 3.64. The van der Waals surface area contributed by atoms with E-state index >= 15 is 0 Å². The molecule has 5 rings (SSSR count). The number of nitrogens with zero attached hydrogens (tertiary/aromatic N) is 2. The monoisotopic (exact) mass is 385 g/mol. The zero-order valence-electron chi connectivity index (χ0n) is 14.7. The van der Waals surface area contributed by atoms with Gasteiger partial charge in [0.1, 0.15) is 18.0 Å². The summed E-state index contributed by atoms with van der Waals surface area (Å²) in [6.07, 6.45) is 0.0487. The lowest BCUT2D eigenvalue weighted by Crippen LogP contribution is -2.31. The van der Waals surface area contributed by atoms with Crippen LogP contribution in [-0.2, 0) is 9.47 Å². The molecule has 0 bridgehead atoms. The zero-order chi connectivity index (χ0) is 18.2. The molecule has 2 atom stereocenters. The molecule has 1 N–H and O–H groups in total. The van der Waals surface area contributed by atoms with Gasteiger partial charge in [-0.05, 0) is 30.3 Å². The summed E-state index contributed by atoms with van der Waals surface area (Å²) in [5.41, 5.74) is 1.78. The highest BCUT2D eigenvalue weighted by molar-refractivity contribution is 7.22. The number of ether oxygens (including phenoxy) is 2. The minimum atomic E-state index is -0.251. The Morgan fingerprint density at radius 1 is 1.04 bits per heavy atom. The third kappa shape index (κ3) is 3.50. The first-order valence-corrected chi connectivity index (χ1v) is 9.92. The van der Waals surface area contributed by atoms with E-state index < -0.39 is 0 Å². The first kappa shape index (κ1) is 16.9. The number of anilines is 2. The Kier molecular flexibility index (Phi) is 4.43. The Morgan fingerprint density at radius 2 is 1.81 bits per heavy atom. The predicted molar refractivity (Wildman–Crippen MR) is 105 cm³/mol. The van der Waals surface area contributed by atoms with Crippen LogP contribution in [0.3, 0.4) is 0 Å². The molecule has 2 saturated heterocycles. The van der Waals surface area contributed by atoms with Crippen LogP contribution in [0.15, 0.2) is 48.5 Å². The van der Waals surface area contributed by atoms with Crippen LogP contribution >= 0.6 is 11.3 Å². The van der Waals surface area contributed by atoms with Crippen molar-refractivity contribution in [3.8, 4) is 0 Å². The summed E-state index contributed by atoms with van der Waals surface area (Å²) in [5, 5.41) is 4.32. The Balaban J connectivity index is 1.23. The lowest BCUT2D eigenvalue weighted by atomic mass is 10.2. The topological polar surface area (TPSA) is 46.6 Å². The lowest BCUT2D eigenvalue weighted by Gasteiger charge is -2.19. The summed E-state index contributed by atoms with van der Waals surface area (Å²) >= 11 is 1.70. The van der Waals surface area contributed by atoms with Crippen molar-refractivity contribution in [3.05, 3.63) is 54.3 Å². The third-order valence-electron chi connectivity index (χ3n) is 4.99. The summed E-state index contributed by atoms with van der Waals surface area (Å²) in [5.74, 6) is -0.251. The van der Waals surface area contributed by atoms with Crippen LogP contribution in [0.25, 0.3) is 10.2 Å². The van der Waals surface area contributed by atoms with Gasteiger partial charge in [-0.15, -0.1) is 0 Å². The number of para-hydroxylation sites is 1. The molecule has 0 aliphatic carbocycles. The van der Waals surface area contributed by atoms with Crippen molar-refractivity contribution in [2.24, 2.45) is 0 Å². The third-order valence-corrected chi connectivity index (χ3v) is 6.08. The molecule has 0 amide bonds. The molecule has 2 aliphatic rings. The Bertz CT molecular complexity index is 901. The quantitative estimate of drug-likeness (QED) is 0.748. The van der Waals surface area contributed by atoms with Gasteiger partial charge in [-0.2, -0.15) is 0 Å². The molecule has 140 valence electrons. The van der Waals surface area contributed by atoms with Crippen molar-refractivity contribution in [3.63, 3.8) is 0 Å². The summed E-state index contributed by atoms with van der Waals surface area (Å²) in [4.78, 5) is 6.99. The van der Waals surface area contributed by atoms with Gasteiger partial charge in [0.15, 0.2) is 5.13 Å². The van der Waals surface area contributed by atoms with Crippen LogP contribution in [0.5, 0.6) is 0 Å². The molecule has 2 fully saturated rings. The molecule has 0 unspecified atom stereocenters. The van der Waals surface area contributed by atoms with Crippen molar-refractivity contribution >= 4 is 32.4 Å². The Morgan fingerprint density at radius 3 is 2.56 bits per heavy atom. The number of hydrogen-bond acceptors (Lipinski definition) is 6. The maximum Gasteiger partial charge on any atom is 0.186 e. The first-order valence-electron chi connectivity index (χ1n) is 9.10. The second kappa shape index (κ2) is 7.07. The summed E-state index contributed by atoms with van der Waals surface area (Å²) in [7, 11) is 0. The molecule has 3 heterocycles. The van der Waals surface area contributed by atoms with E-state index in [0.29, 0.717) is 13.2 Å². The standard InChI is InChI=1S/C20H20FN3O2S/c21-13-4-3-5-14(8-13)22-15-11-25-17-9-24(10-18(17)26-12-15)20-23-16-6-1-2-7-19(16)27-20/h1-8,15,17-18,22H,9-12H2/t17-,18-/m0/s1. The zero-order valence-corrected chi connectivity index (χ0v) is 15.5. The second-order valence-electron chi connectivity index (χ2n) is 6.96. The van der Waals surface area contributed by atoms with Gasteiger partial charge in [-0.3, -0.25) is 0 Å². The van der Waals surface area contributed by atoms with E-state index in [-0.39, 0.29) is 24.1 Å². The molecule has 1 aromatic heterocycles. The predicted octanol–water partition coefficient (Wildman–Crippen LogP) is 3.52. The number of nitrogens with one attached hydrogen (secondary N) is 1. The van der Waals surface area contributed by atoms with Gasteiger partial charge in [0.25, 0.3) is 0 Å². The SMILES string of the molecule is Fc1cccc(NC2CO[C@H]3CN(c4nc5ccccc5s4)C[C@@H]3OC2)c1. The maximum atomic E-state index is 13.4. The number of thiazole rings is 1. The lowest BCUT2D eigenvalue weighted by molar-refractivity contribution is -0.00461. The molecule has 0 spiro atoms. The van der Waals surface area contributed by atoms with Crippen molar-refractivity contribution in [1.29, 1.82) is 0 Å². The van der Waals surface area contributed by atoms with Gasteiger partial charge in [-0.1, -0.05) is 29.5 Å². The van der Waals surface area contributed by atoms with E-state index in [9.17, 15) is 4.39 Å². The van der Waals surface area contributed by atoms with Gasteiger partial charge < -0.3 is 19.7 Å². The van der Waals surface area contributed by atoms with E-state index in [2.05, 4.69) is 16.3 Å². The van der Waals surface area contributed by atoms with Crippen molar-refractivity contribution in [2.45, 2.75) is 18.2 Å². The summed E-state index contributed by atoms with van der Waals surface area (Å²) in [6.45, 7) is 2.62. The van der Waals surface area contributed by atoms with Crippen molar-refractivity contribution in [1.82, 2.24) is 4.98 Å². The number of rotatable bonds is 3. The maximum absolute atomic E-state index is 13.4. The van der Waals surface area contributed by atoms with Crippen LogP contribution < -0.4 is 10.2 Å². The second-order valence-corrected chi connectivity index (χ2v) is 7.97. The van der Waals surface area contributed by atoms with Crippen molar-refractivity contribution < 1.29 is 13.9 Å². The number of hydrogen-bond donors (Lipinski definition) is 1. The molecule has 2 aliphatic heterocycles. The molecule has 3 aromatic rings. The van der Waals surface area contributed by atoms with Crippen LogP contribution in [0.1, 0.15) is 0 Å². The molecule has 2 aromatic carbocycles.